The maximum atomic E-state index is 11.6. The lowest BCUT2D eigenvalue weighted by Gasteiger charge is -2.19. The zero-order valence-corrected chi connectivity index (χ0v) is 19.4. The highest BCUT2D eigenvalue weighted by Crippen LogP contribution is 2.20. The van der Waals surface area contributed by atoms with Crippen LogP contribution >= 0.6 is 35.3 Å². The van der Waals surface area contributed by atoms with Gasteiger partial charge in [0.05, 0.1) is 28.8 Å². The van der Waals surface area contributed by atoms with Gasteiger partial charge in [0.2, 0.25) is 0 Å². The van der Waals surface area contributed by atoms with Gasteiger partial charge in [-0.3, -0.25) is 0 Å². The van der Waals surface area contributed by atoms with Crippen LogP contribution in [0.4, 0.5) is 0 Å². The average Bonchev–Trinajstić information content (AvgIpc) is 3.24. The van der Waals surface area contributed by atoms with Gasteiger partial charge in [-0.1, -0.05) is 12.8 Å². The summed E-state index contributed by atoms with van der Waals surface area (Å²) in [5, 5.41) is 7.98. The first-order valence-corrected chi connectivity index (χ1v) is 11.7. The molecule has 2 heterocycles. The molecule has 1 aromatic heterocycles. The summed E-state index contributed by atoms with van der Waals surface area (Å²) in [6, 6.07) is 0.475. The maximum absolute atomic E-state index is 11.6. The van der Waals surface area contributed by atoms with Gasteiger partial charge in [-0.05, 0) is 39.0 Å². The van der Waals surface area contributed by atoms with Gasteiger partial charge in [0.25, 0.3) is 0 Å². The maximum Gasteiger partial charge on any atom is 0.191 e. The van der Waals surface area contributed by atoms with Gasteiger partial charge in [-0.15, -0.1) is 35.3 Å². The van der Waals surface area contributed by atoms with Crippen LogP contribution in [0.2, 0.25) is 0 Å². The predicted octanol–water partition coefficient (Wildman–Crippen LogP) is 2.79. The second-order valence-corrected chi connectivity index (χ2v) is 10.7. The molecular formula is C17H29IN4O2S2. The van der Waals surface area contributed by atoms with Gasteiger partial charge in [0.15, 0.2) is 15.8 Å². The molecule has 1 aliphatic heterocycles. The second-order valence-electron chi connectivity index (χ2n) is 7.18. The first-order chi connectivity index (χ1) is 11.9. The van der Waals surface area contributed by atoms with E-state index in [0.29, 0.717) is 30.6 Å². The fourth-order valence-corrected chi connectivity index (χ4v) is 6.28. The van der Waals surface area contributed by atoms with Crippen LogP contribution in [0.15, 0.2) is 4.99 Å². The summed E-state index contributed by atoms with van der Waals surface area (Å²) in [5.74, 6) is 1.61. The molecule has 3 rings (SSSR count). The molecule has 26 heavy (non-hydrogen) atoms. The number of sulfone groups is 1. The summed E-state index contributed by atoms with van der Waals surface area (Å²) in [6.45, 7) is 5.32. The number of hydrogen-bond acceptors (Lipinski definition) is 5. The first kappa shape index (κ1) is 21.9. The smallest absolute Gasteiger partial charge is 0.191 e. The van der Waals surface area contributed by atoms with Crippen LogP contribution in [0.3, 0.4) is 0 Å². The summed E-state index contributed by atoms with van der Waals surface area (Å²) in [6.07, 6.45) is 5.63. The van der Waals surface area contributed by atoms with E-state index in [1.54, 1.807) is 11.3 Å². The standard InChI is InChI=1S/C17H28N4O2S2.HI/c1-12-16(24-13(2)20-12)10-19-17(21-15-5-3-4-6-15)18-9-14-7-8-25(22,23)11-14;/h14-15H,3-11H2,1-2H3,(H2,18,19,21);1H. The molecule has 148 valence electrons. The lowest BCUT2D eigenvalue weighted by atomic mass is 10.1. The van der Waals surface area contributed by atoms with Crippen LogP contribution in [0.5, 0.6) is 0 Å². The zero-order valence-electron chi connectivity index (χ0n) is 15.5. The minimum Gasteiger partial charge on any atom is -0.356 e. The third-order valence-electron chi connectivity index (χ3n) is 4.96. The fourth-order valence-electron chi connectivity index (χ4n) is 3.56. The lowest BCUT2D eigenvalue weighted by molar-refractivity contribution is 0.553. The highest BCUT2D eigenvalue weighted by Gasteiger charge is 2.28. The van der Waals surface area contributed by atoms with Crippen molar-refractivity contribution in [1.29, 1.82) is 0 Å². The Morgan fingerprint density at radius 3 is 2.58 bits per heavy atom. The van der Waals surface area contributed by atoms with Crippen molar-refractivity contribution < 1.29 is 8.42 Å². The number of nitrogens with one attached hydrogen (secondary N) is 2. The molecule has 1 aromatic rings. The largest absolute Gasteiger partial charge is 0.356 e. The Hall–Kier alpha value is -0.420. The highest BCUT2D eigenvalue weighted by molar-refractivity contribution is 14.0. The molecule has 0 radical (unpaired) electrons. The molecule has 1 atom stereocenters. The van der Waals surface area contributed by atoms with Crippen LogP contribution in [-0.4, -0.2) is 43.5 Å². The molecule has 0 amide bonds. The predicted molar refractivity (Wildman–Crippen MR) is 118 cm³/mol. The number of nitrogens with zero attached hydrogens (tertiary/aromatic N) is 2. The van der Waals surface area contributed by atoms with Crippen molar-refractivity contribution in [2.75, 3.05) is 18.1 Å². The Bertz CT molecular complexity index is 727. The van der Waals surface area contributed by atoms with Crippen molar-refractivity contribution >= 4 is 51.1 Å². The normalized spacial score (nSPS) is 23.0. The number of rotatable bonds is 5. The Labute approximate surface area is 177 Å². The van der Waals surface area contributed by atoms with Gasteiger partial charge in [-0.2, -0.15) is 0 Å². The molecular weight excluding hydrogens is 483 g/mol. The SMILES string of the molecule is Cc1nc(C)c(CN=C(NCC2CCS(=O)(=O)C2)NC2CCCC2)s1.I. The van der Waals surface area contributed by atoms with Crippen molar-refractivity contribution in [2.24, 2.45) is 10.9 Å². The van der Waals surface area contributed by atoms with Gasteiger partial charge >= 0.3 is 0 Å². The van der Waals surface area contributed by atoms with E-state index in [1.165, 1.54) is 30.6 Å². The summed E-state index contributed by atoms with van der Waals surface area (Å²) in [5.41, 5.74) is 1.05. The van der Waals surface area contributed by atoms with Gasteiger partial charge in [0, 0.05) is 17.5 Å². The number of halogens is 1. The third-order valence-corrected chi connectivity index (χ3v) is 7.86. The van der Waals surface area contributed by atoms with E-state index in [1.807, 2.05) is 13.8 Å². The molecule has 2 N–H and O–H groups in total. The third kappa shape index (κ3) is 6.33. The Morgan fingerprint density at radius 2 is 2.00 bits per heavy atom. The van der Waals surface area contributed by atoms with Crippen LogP contribution in [-0.2, 0) is 16.4 Å². The molecule has 1 aliphatic carbocycles. The molecule has 0 aromatic carbocycles. The van der Waals surface area contributed by atoms with Crippen LogP contribution in [0, 0.1) is 19.8 Å². The molecule has 1 unspecified atom stereocenters. The van der Waals surface area contributed by atoms with E-state index < -0.39 is 9.84 Å². The van der Waals surface area contributed by atoms with Crippen LogP contribution in [0.25, 0.3) is 0 Å². The van der Waals surface area contributed by atoms with Crippen molar-refractivity contribution in [3.05, 3.63) is 15.6 Å². The fraction of sp³-hybridized carbons (Fsp3) is 0.765. The molecule has 0 bridgehead atoms. The summed E-state index contributed by atoms with van der Waals surface area (Å²) in [7, 11) is -2.83. The number of hydrogen-bond donors (Lipinski definition) is 2. The number of aliphatic imine (C=N–C) groups is 1. The Balaban J connectivity index is 0.00000243. The second kappa shape index (κ2) is 9.68. The van der Waals surface area contributed by atoms with E-state index >= 15 is 0 Å². The van der Waals surface area contributed by atoms with E-state index in [2.05, 4.69) is 15.6 Å². The molecule has 1 saturated carbocycles. The number of thiazole rings is 1. The minimum absolute atomic E-state index is 0. The van der Waals surface area contributed by atoms with Crippen LogP contribution < -0.4 is 10.6 Å². The Morgan fingerprint density at radius 1 is 1.27 bits per heavy atom. The Kier molecular flexibility index (Phi) is 8.14. The molecule has 0 spiro atoms. The number of aromatic nitrogens is 1. The average molecular weight is 512 g/mol. The lowest BCUT2D eigenvalue weighted by Crippen LogP contribution is -2.44. The molecule has 1 saturated heterocycles. The van der Waals surface area contributed by atoms with E-state index in [9.17, 15) is 8.42 Å². The minimum atomic E-state index is -2.83. The quantitative estimate of drug-likeness (QED) is 0.360. The van der Waals surface area contributed by atoms with Crippen molar-refractivity contribution in [2.45, 2.75) is 58.5 Å². The van der Waals surface area contributed by atoms with E-state index in [-0.39, 0.29) is 29.9 Å². The van der Waals surface area contributed by atoms with E-state index in [0.717, 1.165) is 23.1 Å². The number of aryl methyl sites for hydroxylation is 2. The topological polar surface area (TPSA) is 83.5 Å². The van der Waals surface area contributed by atoms with Crippen molar-refractivity contribution in [3.63, 3.8) is 0 Å². The molecule has 2 fully saturated rings. The van der Waals surface area contributed by atoms with Gasteiger partial charge in [-0.25, -0.2) is 18.4 Å². The van der Waals surface area contributed by atoms with Crippen molar-refractivity contribution in [1.82, 2.24) is 15.6 Å². The van der Waals surface area contributed by atoms with Gasteiger partial charge in [0.1, 0.15) is 0 Å². The number of guanidine groups is 1. The molecule has 9 heteroatoms. The molecule has 6 nitrogen and oxygen atoms in total. The van der Waals surface area contributed by atoms with E-state index in [4.69, 9.17) is 4.99 Å². The monoisotopic (exact) mass is 512 g/mol. The molecule has 2 aliphatic rings. The summed E-state index contributed by atoms with van der Waals surface area (Å²) >= 11 is 1.69. The van der Waals surface area contributed by atoms with Crippen LogP contribution in [0.1, 0.15) is 47.7 Å². The summed E-state index contributed by atoms with van der Waals surface area (Å²) in [4.78, 5) is 10.4. The zero-order chi connectivity index (χ0) is 17.9. The first-order valence-electron chi connectivity index (χ1n) is 9.09. The van der Waals surface area contributed by atoms with Crippen molar-refractivity contribution in [3.8, 4) is 0 Å². The highest BCUT2D eigenvalue weighted by atomic mass is 127. The van der Waals surface area contributed by atoms with Gasteiger partial charge < -0.3 is 10.6 Å². The summed E-state index contributed by atoms with van der Waals surface area (Å²) < 4.78 is 23.3.